The summed E-state index contributed by atoms with van der Waals surface area (Å²) in [4.78, 5) is 4.43. The zero-order valence-corrected chi connectivity index (χ0v) is 12.5. The van der Waals surface area contributed by atoms with Gasteiger partial charge in [-0.1, -0.05) is 25.0 Å². The number of pyridine rings is 1. The second-order valence-corrected chi connectivity index (χ2v) is 5.42. The maximum Gasteiger partial charge on any atom is 0.134 e. The first kappa shape index (κ1) is 14.1. The molecule has 0 bridgehead atoms. The summed E-state index contributed by atoms with van der Waals surface area (Å²) in [5.74, 6) is 1.77. The lowest BCUT2D eigenvalue weighted by Gasteiger charge is -2.13. The van der Waals surface area contributed by atoms with Crippen molar-refractivity contribution in [3.8, 4) is 5.75 Å². The third kappa shape index (κ3) is 3.27. The number of methoxy groups -OCH3 is 1. The van der Waals surface area contributed by atoms with Gasteiger partial charge in [0.25, 0.3) is 0 Å². The molecule has 1 aliphatic rings. The summed E-state index contributed by atoms with van der Waals surface area (Å²) in [6.07, 6.45) is 7.32. The number of aromatic nitrogens is 1. The van der Waals surface area contributed by atoms with Gasteiger partial charge in [0.1, 0.15) is 11.6 Å². The van der Waals surface area contributed by atoms with Crippen molar-refractivity contribution >= 4 is 16.6 Å². The minimum atomic E-state index is 0.465. The van der Waals surface area contributed by atoms with Gasteiger partial charge in [-0.25, -0.2) is 4.98 Å². The summed E-state index contributed by atoms with van der Waals surface area (Å²) in [6.45, 7) is 1.51. The van der Waals surface area contributed by atoms with Crippen molar-refractivity contribution in [2.45, 2.75) is 31.8 Å². The number of fused-ring (bicyclic) bond motifs is 1. The smallest absolute Gasteiger partial charge is 0.134 e. The molecule has 0 radical (unpaired) electrons. The summed E-state index contributed by atoms with van der Waals surface area (Å²) < 4.78 is 11.3. The third-order valence-electron chi connectivity index (χ3n) is 4.04. The lowest BCUT2D eigenvalue weighted by Crippen LogP contribution is -2.16. The highest BCUT2D eigenvalue weighted by atomic mass is 16.5. The SMILES string of the molecule is COc1cccc2c(NCCOC3CCCC3)nccc12. The molecule has 4 heteroatoms. The van der Waals surface area contributed by atoms with E-state index in [0.717, 1.165) is 35.5 Å². The third-order valence-corrected chi connectivity index (χ3v) is 4.04. The molecule has 1 aliphatic carbocycles. The summed E-state index contributed by atoms with van der Waals surface area (Å²) >= 11 is 0. The van der Waals surface area contributed by atoms with Crippen LogP contribution in [0.15, 0.2) is 30.5 Å². The Labute approximate surface area is 125 Å². The Kier molecular flexibility index (Phi) is 4.55. The van der Waals surface area contributed by atoms with Crippen LogP contribution in [0, 0.1) is 0 Å². The van der Waals surface area contributed by atoms with Crippen LogP contribution in [-0.2, 0) is 4.74 Å². The molecule has 0 amide bonds. The van der Waals surface area contributed by atoms with Gasteiger partial charge in [-0.2, -0.15) is 0 Å². The number of rotatable bonds is 6. The average molecular weight is 286 g/mol. The van der Waals surface area contributed by atoms with Gasteiger partial charge >= 0.3 is 0 Å². The lowest BCUT2D eigenvalue weighted by molar-refractivity contribution is 0.0659. The van der Waals surface area contributed by atoms with E-state index in [1.54, 1.807) is 7.11 Å². The summed E-state index contributed by atoms with van der Waals surface area (Å²) in [5.41, 5.74) is 0. The average Bonchev–Trinajstić information content (AvgIpc) is 3.04. The number of nitrogens with one attached hydrogen (secondary N) is 1. The first-order valence-corrected chi connectivity index (χ1v) is 7.65. The van der Waals surface area contributed by atoms with Crippen molar-refractivity contribution in [2.24, 2.45) is 0 Å². The van der Waals surface area contributed by atoms with Gasteiger partial charge in [0.15, 0.2) is 0 Å². The molecular formula is C17H22N2O2. The van der Waals surface area contributed by atoms with E-state index >= 15 is 0 Å². The van der Waals surface area contributed by atoms with Crippen LogP contribution in [0.25, 0.3) is 10.8 Å². The topological polar surface area (TPSA) is 43.4 Å². The van der Waals surface area contributed by atoms with Crippen LogP contribution in [-0.4, -0.2) is 31.3 Å². The van der Waals surface area contributed by atoms with Crippen molar-refractivity contribution in [2.75, 3.05) is 25.6 Å². The molecule has 0 unspecified atom stereocenters. The molecule has 0 saturated heterocycles. The van der Waals surface area contributed by atoms with E-state index in [-0.39, 0.29) is 0 Å². The van der Waals surface area contributed by atoms with Crippen LogP contribution in [0.3, 0.4) is 0 Å². The Hall–Kier alpha value is -1.81. The van der Waals surface area contributed by atoms with Gasteiger partial charge in [0.2, 0.25) is 0 Å². The van der Waals surface area contributed by atoms with E-state index in [9.17, 15) is 0 Å². The maximum absolute atomic E-state index is 5.87. The molecular weight excluding hydrogens is 264 g/mol. The molecule has 0 spiro atoms. The zero-order chi connectivity index (χ0) is 14.5. The van der Waals surface area contributed by atoms with Gasteiger partial charge in [-0.05, 0) is 25.0 Å². The van der Waals surface area contributed by atoms with Gasteiger partial charge < -0.3 is 14.8 Å². The van der Waals surface area contributed by atoms with Crippen LogP contribution >= 0.6 is 0 Å². The molecule has 1 aromatic carbocycles. The van der Waals surface area contributed by atoms with Crippen LogP contribution in [0.2, 0.25) is 0 Å². The Balaban J connectivity index is 1.63. The molecule has 112 valence electrons. The van der Waals surface area contributed by atoms with E-state index in [0.29, 0.717) is 6.10 Å². The Morgan fingerprint density at radius 2 is 2.05 bits per heavy atom. The molecule has 2 aromatic rings. The van der Waals surface area contributed by atoms with Crippen LogP contribution in [0.1, 0.15) is 25.7 Å². The van der Waals surface area contributed by atoms with Gasteiger partial charge in [0.05, 0.1) is 19.8 Å². The molecule has 1 saturated carbocycles. The largest absolute Gasteiger partial charge is 0.496 e. The van der Waals surface area contributed by atoms with E-state index < -0.39 is 0 Å². The summed E-state index contributed by atoms with van der Waals surface area (Å²) in [7, 11) is 1.69. The van der Waals surface area contributed by atoms with E-state index in [1.807, 2.05) is 24.4 Å². The first-order chi connectivity index (χ1) is 10.4. The number of benzene rings is 1. The van der Waals surface area contributed by atoms with Crippen molar-refractivity contribution in [1.82, 2.24) is 4.98 Å². The number of nitrogens with zero attached hydrogens (tertiary/aromatic N) is 1. The van der Waals surface area contributed by atoms with Gasteiger partial charge in [-0.3, -0.25) is 0 Å². The Bertz CT molecular complexity index is 594. The molecule has 21 heavy (non-hydrogen) atoms. The van der Waals surface area contributed by atoms with E-state index in [4.69, 9.17) is 9.47 Å². The van der Waals surface area contributed by atoms with Crippen molar-refractivity contribution in [3.05, 3.63) is 30.5 Å². The molecule has 0 aliphatic heterocycles. The fraction of sp³-hybridized carbons (Fsp3) is 0.471. The van der Waals surface area contributed by atoms with E-state index in [1.165, 1.54) is 25.7 Å². The van der Waals surface area contributed by atoms with Crippen LogP contribution in [0.5, 0.6) is 5.75 Å². The van der Waals surface area contributed by atoms with Crippen molar-refractivity contribution in [3.63, 3.8) is 0 Å². The second-order valence-electron chi connectivity index (χ2n) is 5.42. The van der Waals surface area contributed by atoms with Crippen molar-refractivity contribution in [1.29, 1.82) is 0 Å². The monoisotopic (exact) mass is 286 g/mol. The number of hydrogen-bond donors (Lipinski definition) is 1. The van der Waals surface area contributed by atoms with Gasteiger partial charge in [0, 0.05) is 23.5 Å². The molecule has 1 fully saturated rings. The predicted molar refractivity (Wildman–Crippen MR) is 85.0 cm³/mol. The Morgan fingerprint density at radius 3 is 2.86 bits per heavy atom. The molecule has 1 aromatic heterocycles. The number of anilines is 1. The Morgan fingerprint density at radius 1 is 1.19 bits per heavy atom. The molecule has 1 N–H and O–H groups in total. The fourth-order valence-electron chi connectivity index (χ4n) is 2.95. The summed E-state index contributed by atoms with van der Waals surface area (Å²) in [5, 5.41) is 5.53. The van der Waals surface area contributed by atoms with Crippen LogP contribution in [0.4, 0.5) is 5.82 Å². The highest BCUT2D eigenvalue weighted by Crippen LogP contribution is 2.28. The normalized spacial score (nSPS) is 15.5. The summed E-state index contributed by atoms with van der Waals surface area (Å²) in [6, 6.07) is 8.00. The van der Waals surface area contributed by atoms with Crippen LogP contribution < -0.4 is 10.1 Å². The quantitative estimate of drug-likeness (QED) is 0.824. The predicted octanol–water partition coefficient (Wildman–Crippen LogP) is 3.61. The molecule has 3 rings (SSSR count). The van der Waals surface area contributed by atoms with Gasteiger partial charge in [-0.15, -0.1) is 0 Å². The maximum atomic E-state index is 5.87. The minimum absolute atomic E-state index is 0.465. The standard InChI is InChI=1S/C17H22N2O2/c1-20-16-8-4-7-15-14(16)9-10-18-17(15)19-11-12-21-13-5-2-3-6-13/h4,7-10,13H,2-3,5-6,11-12H2,1H3,(H,18,19). The van der Waals surface area contributed by atoms with E-state index in [2.05, 4.69) is 16.4 Å². The zero-order valence-electron chi connectivity index (χ0n) is 12.5. The minimum Gasteiger partial charge on any atom is -0.496 e. The van der Waals surface area contributed by atoms with Crippen molar-refractivity contribution < 1.29 is 9.47 Å². The molecule has 0 atom stereocenters. The molecule has 1 heterocycles. The fourth-order valence-corrected chi connectivity index (χ4v) is 2.95. The number of hydrogen-bond acceptors (Lipinski definition) is 4. The second kappa shape index (κ2) is 6.76. The highest BCUT2D eigenvalue weighted by molar-refractivity contribution is 5.95. The highest BCUT2D eigenvalue weighted by Gasteiger charge is 2.14. The first-order valence-electron chi connectivity index (χ1n) is 7.65. The lowest BCUT2D eigenvalue weighted by atomic mass is 10.1. The number of ether oxygens (including phenoxy) is 2. The molecule has 4 nitrogen and oxygen atoms in total.